The molecule has 0 unspecified atom stereocenters. The van der Waals surface area contributed by atoms with Crippen molar-refractivity contribution in [2.45, 2.75) is 103 Å². The van der Waals surface area contributed by atoms with Crippen molar-refractivity contribution in [3.05, 3.63) is 11.8 Å². The molecule has 2 atom stereocenters. The van der Waals surface area contributed by atoms with Gasteiger partial charge in [0.25, 0.3) is 0 Å². The summed E-state index contributed by atoms with van der Waals surface area (Å²) in [4.78, 5) is 14.1. The number of ether oxygens (including phenoxy) is 1. The predicted molar refractivity (Wildman–Crippen MR) is 114 cm³/mol. The molecule has 1 aliphatic carbocycles. The zero-order valence-corrected chi connectivity index (χ0v) is 18.9. The van der Waals surface area contributed by atoms with E-state index in [-0.39, 0.29) is 17.7 Å². The summed E-state index contributed by atoms with van der Waals surface area (Å²) in [7, 11) is 0. The average molecular weight is 407 g/mol. The Morgan fingerprint density at radius 3 is 2.31 bits per heavy atom. The van der Waals surface area contributed by atoms with Gasteiger partial charge >= 0.3 is 6.09 Å². The highest BCUT2D eigenvalue weighted by Gasteiger charge is 2.32. The van der Waals surface area contributed by atoms with Gasteiger partial charge in [0.05, 0.1) is 11.6 Å². The van der Waals surface area contributed by atoms with Crippen LogP contribution in [0.25, 0.3) is 0 Å². The first-order chi connectivity index (χ1) is 13.4. The van der Waals surface area contributed by atoms with Crippen LogP contribution in [-0.2, 0) is 10.3 Å². The van der Waals surface area contributed by atoms with Crippen molar-refractivity contribution in [1.82, 2.24) is 14.7 Å². The van der Waals surface area contributed by atoms with Gasteiger partial charge in [-0.3, -0.25) is 4.68 Å². The van der Waals surface area contributed by atoms with Crippen LogP contribution in [0.3, 0.4) is 0 Å². The van der Waals surface area contributed by atoms with Crippen molar-refractivity contribution >= 4 is 11.9 Å². The molecule has 29 heavy (non-hydrogen) atoms. The fraction of sp³-hybridized carbons (Fsp3) is 0.818. The van der Waals surface area contributed by atoms with Crippen LogP contribution in [-0.4, -0.2) is 56.7 Å². The van der Waals surface area contributed by atoms with Crippen LogP contribution >= 0.6 is 0 Å². The lowest BCUT2D eigenvalue weighted by molar-refractivity contribution is 0.0210. The third-order valence-electron chi connectivity index (χ3n) is 5.69. The van der Waals surface area contributed by atoms with Gasteiger partial charge in [-0.05, 0) is 73.6 Å². The fourth-order valence-electron chi connectivity index (χ4n) is 4.26. The summed E-state index contributed by atoms with van der Waals surface area (Å²) < 4.78 is 7.60. The molecule has 1 saturated heterocycles. The van der Waals surface area contributed by atoms with Crippen LogP contribution in [0.15, 0.2) is 6.07 Å². The Hall–Kier alpha value is -1.76. The van der Waals surface area contributed by atoms with Gasteiger partial charge in [-0.1, -0.05) is 0 Å². The third kappa shape index (κ3) is 5.65. The zero-order chi connectivity index (χ0) is 21.4. The number of aliphatic hydroxyl groups excluding tert-OH is 1. The van der Waals surface area contributed by atoms with Gasteiger partial charge < -0.3 is 20.1 Å². The van der Waals surface area contributed by atoms with Gasteiger partial charge in [0.2, 0.25) is 0 Å². The van der Waals surface area contributed by atoms with Crippen LogP contribution in [0.4, 0.5) is 10.6 Å². The third-order valence-corrected chi connectivity index (χ3v) is 5.69. The van der Waals surface area contributed by atoms with E-state index in [4.69, 9.17) is 9.84 Å². The highest BCUT2D eigenvalue weighted by Crippen LogP contribution is 2.37. The van der Waals surface area contributed by atoms with Gasteiger partial charge in [0, 0.05) is 36.8 Å². The van der Waals surface area contributed by atoms with E-state index in [1.165, 1.54) is 5.69 Å². The molecule has 0 radical (unpaired) electrons. The molecule has 1 aromatic rings. The first-order valence-corrected chi connectivity index (χ1v) is 11.0. The molecule has 3 rings (SSSR count). The molecule has 0 spiro atoms. The van der Waals surface area contributed by atoms with E-state index in [1.807, 2.05) is 20.8 Å². The maximum atomic E-state index is 12.3. The van der Waals surface area contributed by atoms with Crippen molar-refractivity contribution in [2.24, 2.45) is 0 Å². The molecule has 1 saturated carbocycles. The van der Waals surface area contributed by atoms with Crippen molar-refractivity contribution in [1.29, 1.82) is 0 Å². The minimum absolute atomic E-state index is 0.108. The van der Waals surface area contributed by atoms with Gasteiger partial charge in [-0.25, -0.2) is 4.79 Å². The number of carbonyl (C=O) groups excluding carboxylic acids is 1. The Kier molecular flexibility index (Phi) is 6.18. The summed E-state index contributed by atoms with van der Waals surface area (Å²) in [5.41, 5.74) is 0.641. The smallest absolute Gasteiger partial charge is 0.410 e. The molecule has 0 aromatic carbocycles. The molecule has 0 bridgehead atoms. The Labute approximate surface area is 174 Å². The molecular weight excluding hydrogens is 368 g/mol. The number of nitrogens with zero attached hydrogens (tertiary/aromatic N) is 3. The van der Waals surface area contributed by atoms with E-state index in [1.54, 1.807) is 4.90 Å². The largest absolute Gasteiger partial charge is 0.444 e. The highest BCUT2D eigenvalue weighted by molar-refractivity contribution is 5.68. The molecule has 7 heteroatoms. The molecule has 7 nitrogen and oxygen atoms in total. The summed E-state index contributed by atoms with van der Waals surface area (Å²) in [6.45, 7) is 13.6. The summed E-state index contributed by atoms with van der Waals surface area (Å²) in [6, 6.07) is 2.45. The average Bonchev–Trinajstić information content (AvgIpc) is 3.20. The lowest BCUT2D eigenvalue weighted by atomic mass is 10.0. The Morgan fingerprint density at radius 1 is 1.14 bits per heavy atom. The number of hydrogen-bond acceptors (Lipinski definition) is 5. The van der Waals surface area contributed by atoms with E-state index < -0.39 is 5.60 Å². The highest BCUT2D eigenvalue weighted by atomic mass is 16.6. The van der Waals surface area contributed by atoms with E-state index in [2.05, 4.69) is 36.8 Å². The van der Waals surface area contributed by atoms with Gasteiger partial charge in [0.1, 0.15) is 11.4 Å². The minimum Gasteiger partial charge on any atom is -0.444 e. The van der Waals surface area contributed by atoms with Crippen LogP contribution in [0.5, 0.6) is 0 Å². The minimum atomic E-state index is -0.462. The van der Waals surface area contributed by atoms with E-state index >= 15 is 0 Å². The van der Waals surface area contributed by atoms with Crippen molar-refractivity contribution in [2.75, 3.05) is 18.4 Å². The van der Waals surface area contributed by atoms with E-state index in [9.17, 15) is 9.90 Å². The number of piperidine rings is 1. The van der Waals surface area contributed by atoms with Crippen molar-refractivity contribution in [3.63, 3.8) is 0 Å². The number of amides is 1. The van der Waals surface area contributed by atoms with Crippen LogP contribution in [0.1, 0.15) is 85.3 Å². The van der Waals surface area contributed by atoms with Gasteiger partial charge in [-0.2, -0.15) is 5.10 Å². The second kappa shape index (κ2) is 8.17. The summed E-state index contributed by atoms with van der Waals surface area (Å²) in [5.74, 6) is 1.26. The predicted octanol–water partition coefficient (Wildman–Crippen LogP) is 4.08. The Bertz CT molecular complexity index is 709. The number of nitrogens with one attached hydrogen (secondary N) is 1. The van der Waals surface area contributed by atoms with Crippen LogP contribution in [0.2, 0.25) is 0 Å². The summed E-state index contributed by atoms with van der Waals surface area (Å²) in [5, 5.41) is 18.4. The summed E-state index contributed by atoms with van der Waals surface area (Å²) in [6.07, 6.45) is 4.02. The molecule has 1 aliphatic heterocycles. The zero-order valence-electron chi connectivity index (χ0n) is 18.9. The van der Waals surface area contributed by atoms with E-state index in [0.717, 1.165) is 37.9 Å². The second-order valence-corrected chi connectivity index (χ2v) is 10.6. The summed E-state index contributed by atoms with van der Waals surface area (Å²) >= 11 is 0. The molecule has 2 fully saturated rings. The second-order valence-electron chi connectivity index (χ2n) is 10.6. The van der Waals surface area contributed by atoms with Crippen LogP contribution < -0.4 is 5.32 Å². The molecule has 2 N–H and O–H groups in total. The Balaban J connectivity index is 1.63. The number of rotatable bonds is 3. The standard InChI is InChI=1S/C22H38N4O3/c1-21(2,3)26-18(15-7-8-17(27)13-15)14-19(24-26)23-16-9-11-25(12-10-16)20(28)29-22(4,5)6/h14-17,27H,7-13H2,1-6H3,(H,23,24)/t15-,17+/m0/s1. The maximum Gasteiger partial charge on any atom is 0.410 e. The topological polar surface area (TPSA) is 79.6 Å². The van der Waals surface area contributed by atoms with E-state index in [0.29, 0.717) is 25.0 Å². The number of aromatic nitrogens is 2. The monoisotopic (exact) mass is 406 g/mol. The maximum absolute atomic E-state index is 12.3. The first-order valence-electron chi connectivity index (χ1n) is 11.0. The lowest BCUT2D eigenvalue weighted by Crippen LogP contribution is -2.44. The van der Waals surface area contributed by atoms with Crippen molar-refractivity contribution in [3.8, 4) is 0 Å². The first kappa shape index (κ1) is 21.9. The normalized spacial score (nSPS) is 24.0. The van der Waals surface area contributed by atoms with Crippen molar-refractivity contribution < 1.29 is 14.6 Å². The molecule has 1 amide bonds. The molecule has 1 aromatic heterocycles. The molecule has 2 aliphatic rings. The van der Waals surface area contributed by atoms with Crippen LogP contribution in [0, 0.1) is 0 Å². The lowest BCUT2D eigenvalue weighted by Gasteiger charge is -2.33. The van der Waals surface area contributed by atoms with Gasteiger partial charge in [0.15, 0.2) is 0 Å². The number of carbonyl (C=O) groups is 1. The quantitative estimate of drug-likeness (QED) is 0.791. The number of anilines is 1. The number of likely N-dealkylation sites (tertiary alicyclic amines) is 1. The molecule has 164 valence electrons. The number of aliphatic hydroxyl groups is 1. The SMILES string of the molecule is CC(C)(C)OC(=O)N1CCC(Nc2cc([C@H]3CC[C@@H](O)C3)n(C(C)(C)C)n2)CC1. The molecule has 2 heterocycles. The molecular formula is C22H38N4O3. The fourth-order valence-corrected chi connectivity index (χ4v) is 4.26. The Morgan fingerprint density at radius 2 is 1.79 bits per heavy atom. The van der Waals surface area contributed by atoms with Gasteiger partial charge in [-0.15, -0.1) is 0 Å². The number of hydrogen-bond donors (Lipinski definition) is 2.